The van der Waals surface area contributed by atoms with Gasteiger partial charge in [-0.3, -0.25) is 14.9 Å². The third-order valence-corrected chi connectivity index (χ3v) is 10.2. The van der Waals surface area contributed by atoms with Crippen molar-refractivity contribution in [3.63, 3.8) is 0 Å². The molecular weight excluding hydrogens is 768 g/mol. The van der Waals surface area contributed by atoms with Crippen LogP contribution in [0.25, 0.3) is 22.3 Å². The number of carbonyl (C=O) groups is 2. The van der Waals surface area contributed by atoms with Crippen LogP contribution in [0.5, 0.6) is 11.5 Å². The Morgan fingerprint density at radius 3 is 2.12 bits per heavy atom. The Morgan fingerprint density at radius 1 is 0.930 bits per heavy atom. The van der Waals surface area contributed by atoms with Crippen molar-refractivity contribution < 1.29 is 55.9 Å². The van der Waals surface area contributed by atoms with Crippen LogP contribution in [0.3, 0.4) is 0 Å². The Hall–Kier alpha value is -6.46. The van der Waals surface area contributed by atoms with Gasteiger partial charge in [0, 0.05) is 37.9 Å². The van der Waals surface area contributed by atoms with E-state index in [2.05, 4.69) is 20.3 Å². The van der Waals surface area contributed by atoms with Gasteiger partial charge in [0.2, 0.25) is 5.95 Å². The number of nitrogens with one attached hydrogen (secondary N) is 3. The Labute approximate surface area is 326 Å². The smallest absolute Gasteiger partial charge is 0.326 e. The number of hydrogen-bond donors (Lipinski definition) is 5. The summed E-state index contributed by atoms with van der Waals surface area (Å²) in [5.41, 5.74) is 2.38. The highest BCUT2D eigenvalue weighted by atomic mass is 32.2. The second-order valence-electron chi connectivity index (χ2n) is 12.4. The normalized spacial score (nSPS) is 11.7. The van der Waals surface area contributed by atoms with Crippen LogP contribution in [0.2, 0.25) is 0 Å². The first-order chi connectivity index (χ1) is 27.2. The molecule has 0 aliphatic carbocycles. The molecule has 6 N–H and O–H groups in total. The summed E-state index contributed by atoms with van der Waals surface area (Å²) in [6.45, 7) is 2.69. The summed E-state index contributed by atoms with van der Waals surface area (Å²) >= 11 is 0. The predicted octanol–water partition coefficient (Wildman–Crippen LogP) is 4.83. The lowest BCUT2D eigenvalue weighted by atomic mass is 9.91. The minimum absolute atomic E-state index is 0.272. The van der Waals surface area contributed by atoms with Crippen LogP contribution >= 0.6 is 0 Å². The van der Waals surface area contributed by atoms with Crippen molar-refractivity contribution >= 4 is 39.5 Å². The zero-order valence-electron chi connectivity index (χ0n) is 31.2. The number of halogens is 3. The van der Waals surface area contributed by atoms with E-state index in [9.17, 15) is 27.5 Å². The first-order valence-electron chi connectivity index (χ1n) is 17.2. The van der Waals surface area contributed by atoms with E-state index in [1.807, 2.05) is 6.92 Å². The molecule has 17 heteroatoms. The monoisotopic (exact) mass is 806 g/mol. The van der Waals surface area contributed by atoms with Crippen molar-refractivity contribution in [2.75, 3.05) is 37.9 Å². The molecule has 298 valence electrons. The van der Waals surface area contributed by atoms with Crippen molar-refractivity contribution in [3.8, 4) is 33.8 Å². The van der Waals surface area contributed by atoms with E-state index in [1.54, 1.807) is 31.3 Å². The summed E-state index contributed by atoms with van der Waals surface area (Å²) in [5.74, 6) is -5.64. The highest BCUT2D eigenvalue weighted by Crippen LogP contribution is 2.43. The Bertz CT molecular complexity index is 2380. The number of ether oxygens (including phenoxy) is 3. The summed E-state index contributed by atoms with van der Waals surface area (Å²) in [6, 6.07) is 14.3. The average molecular weight is 807 g/mol. The van der Waals surface area contributed by atoms with Crippen LogP contribution in [0.15, 0.2) is 83.9 Å². The predicted molar refractivity (Wildman–Crippen MR) is 206 cm³/mol. The summed E-state index contributed by atoms with van der Waals surface area (Å²) in [6.07, 6.45) is 2.21. The Balaban J connectivity index is 1.38. The lowest BCUT2D eigenvalue weighted by Crippen LogP contribution is -2.43. The average Bonchev–Trinajstić information content (AvgIpc) is 3.18. The summed E-state index contributed by atoms with van der Waals surface area (Å²) in [7, 11) is 0.196. The number of benzene rings is 4. The number of methoxy groups -OCH3 is 2. The van der Waals surface area contributed by atoms with Gasteiger partial charge in [0.1, 0.15) is 34.7 Å². The van der Waals surface area contributed by atoms with Gasteiger partial charge in [0.15, 0.2) is 6.21 Å². The molecule has 0 saturated heterocycles. The van der Waals surface area contributed by atoms with Gasteiger partial charge in [-0.1, -0.05) is 24.3 Å². The fourth-order valence-electron chi connectivity index (χ4n) is 6.18. The first-order valence-corrected chi connectivity index (χ1v) is 18.7. The van der Waals surface area contributed by atoms with Gasteiger partial charge in [0.05, 0.1) is 48.2 Å². The molecule has 1 aromatic heterocycles. The van der Waals surface area contributed by atoms with Gasteiger partial charge in [-0.2, -0.15) is 4.39 Å². The Morgan fingerprint density at radius 2 is 1.58 bits per heavy atom. The minimum atomic E-state index is -4.38. The van der Waals surface area contributed by atoms with Gasteiger partial charge < -0.3 is 30.0 Å². The van der Waals surface area contributed by atoms with Crippen LogP contribution in [0, 0.1) is 17.6 Å². The number of nitrogens with two attached hydrogens (primary N) is 1. The highest BCUT2D eigenvalue weighted by molar-refractivity contribution is 7.92. The fourth-order valence-corrected chi connectivity index (χ4v) is 7.22. The van der Waals surface area contributed by atoms with Crippen LogP contribution in [0.1, 0.15) is 34.0 Å². The quantitative estimate of drug-likeness (QED) is 0.0643. The lowest BCUT2D eigenvalue weighted by molar-refractivity contribution is -0.139. The third-order valence-electron chi connectivity index (χ3n) is 8.83. The van der Waals surface area contributed by atoms with E-state index in [1.165, 1.54) is 63.0 Å². The van der Waals surface area contributed by atoms with Crippen LogP contribution < -0.4 is 30.2 Å². The highest BCUT2D eigenvalue weighted by Gasteiger charge is 2.29. The number of rotatable bonds is 17. The van der Waals surface area contributed by atoms with Crippen molar-refractivity contribution in [3.05, 3.63) is 119 Å². The molecule has 1 amide bonds. The maximum Gasteiger partial charge on any atom is 0.326 e. The molecule has 0 aliphatic heterocycles. The molecule has 0 aliphatic rings. The van der Waals surface area contributed by atoms with Crippen LogP contribution in [0.4, 0.5) is 24.5 Å². The van der Waals surface area contributed by atoms with Gasteiger partial charge in [-0.05, 0) is 71.6 Å². The first kappa shape index (κ1) is 41.7. The zero-order valence-corrected chi connectivity index (χ0v) is 32.0. The molecule has 5 rings (SSSR count). The molecule has 1 unspecified atom stereocenters. The van der Waals surface area contributed by atoms with E-state index >= 15 is 8.78 Å². The molecule has 0 saturated carbocycles. The number of amides is 1. The number of carbonyl (C=O) groups excluding carboxylic acids is 1. The van der Waals surface area contributed by atoms with E-state index < -0.39 is 56.8 Å². The van der Waals surface area contributed by atoms with Gasteiger partial charge in [0.25, 0.3) is 15.9 Å². The zero-order chi connectivity index (χ0) is 41.4. The SMILES string of the molecule is CCOCc1cc(OC)c(-c2ccc(CC(NC(=O)c3c(F)cc(NS(=O)(=O)c4ccc(-c5ccnc(F)c5)cc4)cc3F)C(=O)O)c(NC)c2C=[NH2+])c(OC)c1. The summed E-state index contributed by atoms with van der Waals surface area (Å²) in [5, 5.41) is 21.4. The van der Waals surface area contributed by atoms with Crippen LogP contribution in [-0.2, 0) is 32.6 Å². The molecule has 1 atom stereocenters. The number of hydrogen-bond acceptors (Lipinski definition) is 9. The molecule has 0 bridgehead atoms. The van der Waals surface area contributed by atoms with Crippen molar-refractivity contribution in [1.82, 2.24) is 10.3 Å². The molecule has 57 heavy (non-hydrogen) atoms. The van der Waals surface area contributed by atoms with Gasteiger partial charge in [-0.25, -0.2) is 27.0 Å². The number of pyridine rings is 1. The number of sulfonamides is 1. The number of aliphatic carboxylic acids is 1. The fraction of sp³-hybridized carbons (Fsp3) is 0.200. The minimum Gasteiger partial charge on any atom is -0.496 e. The summed E-state index contributed by atoms with van der Waals surface area (Å²) < 4.78 is 89.3. The van der Waals surface area contributed by atoms with E-state index in [-0.39, 0.29) is 11.3 Å². The molecule has 1 heterocycles. The topological polar surface area (TPSA) is 191 Å². The molecule has 4 aromatic carbocycles. The van der Waals surface area contributed by atoms with Crippen molar-refractivity contribution in [1.29, 1.82) is 0 Å². The van der Waals surface area contributed by atoms with Gasteiger partial charge >= 0.3 is 5.97 Å². The maximum absolute atomic E-state index is 15.3. The van der Waals surface area contributed by atoms with E-state index in [4.69, 9.17) is 19.6 Å². The second-order valence-corrected chi connectivity index (χ2v) is 14.1. The number of aromatic nitrogens is 1. The number of carboxylic acid groups (broad SMARTS) is 1. The standard InChI is InChI=1S/C40H38F3N5O8S/c1-5-56-21-22-14-33(54-3)36(34(15-22)55-4)28-11-8-25(38(45-2)29(28)20-44)16-32(40(50)51)47-39(49)37-30(41)18-26(19-31(37)42)48-57(52,53)27-9-6-23(7-10-27)24-12-13-46-35(43)17-24/h6-15,17-20,32,44-45,48H,5,16,21H2,1-4H3,(H,47,49)(H,50,51)/p+1. The largest absolute Gasteiger partial charge is 0.496 e. The van der Waals surface area contributed by atoms with E-state index in [0.29, 0.717) is 75.9 Å². The second kappa shape index (κ2) is 18.0. The third kappa shape index (κ3) is 9.33. The lowest BCUT2D eigenvalue weighted by Gasteiger charge is -2.21. The molecule has 0 radical (unpaired) electrons. The Kier molecular flexibility index (Phi) is 13.2. The van der Waals surface area contributed by atoms with Crippen molar-refractivity contribution in [2.45, 2.75) is 30.9 Å². The number of carboxylic acids is 1. The number of anilines is 2. The molecule has 5 aromatic rings. The van der Waals surface area contributed by atoms with E-state index in [0.717, 1.165) is 5.56 Å². The summed E-state index contributed by atoms with van der Waals surface area (Å²) in [4.78, 5) is 28.9. The van der Waals surface area contributed by atoms with Crippen molar-refractivity contribution in [2.24, 2.45) is 0 Å². The van der Waals surface area contributed by atoms with Crippen LogP contribution in [-0.4, -0.2) is 70.5 Å². The van der Waals surface area contributed by atoms with Gasteiger partial charge in [-0.15, -0.1) is 0 Å². The molecule has 13 nitrogen and oxygen atoms in total. The molecule has 0 spiro atoms. The molecule has 0 fully saturated rings. The maximum atomic E-state index is 15.3. The number of nitrogens with zero attached hydrogens (tertiary/aromatic N) is 1. The molecular formula is C40H39F3N5O8S+.